The highest BCUT2D eigenvalue weighted by atomic mass is 19.1. The highest BCUT2D eigenvalue weighted by Crippen LogP contribution is 2.24. The Bertz CT molecular complexity index is 424. The summed E-state index contributed by atoms with van der Waals surface area (Å²) in [6.07, 6.45) is 2.35. The normalized spacial score (nSPS) is 23.5. The third kappa shape index (κ3) is 2.85. The van der Waals surface area contributed by atoms with Gasteiger partial charge in [0.1, 0.15) is 5.82 Å². The number of halogens is 1. The van der Waals surface area contributed by atoms with Gasteiger partial charge in [-0.15, -0.1) is 0 Å². The Balaban J connectivity index is 1.61. The Morgan fingerprint density at radius 2 is 2.05 bits per heavy atom. The van der Waals surface area contributed by atoms with E-state index in [4.69, 9.17) is 0 Å². The van der Waals surface area contributed by atoms with Crippen molar-refractivity contribution in [1.29, 1.82) is 0 Å². The number of nitrogens with one attached hydrogen (secondary N) is 1. The van der Waals surface area contributed by atoms with Gasteiger partial charge in [0.05, 0.1) is 17.9 Å². The van der Waals surface area contributed by atoms with Crippen LogP contribution in [0.25, 0.3) is 0 Å². The molecule has 2 saturated heterocycles. The monoisotopic (exact) mass is 278 g/mol. The summed E-state index contributed by atoms with van der Waals surface area (Å²) >= 11 is 0. The number of piperazine rings is 1. The predicted octanol–water partition coefficient (Wildman–Crippen LogP) is 1.26. The van der Waals surface area contributed by atoms with Crippen molar-refractivity contribution in [1.82, 2.24) is 20.1 Å². The van der Waals surface area contributed by atoms with Crippen LogP contribution in [-0.4, -0.2) is 60.1 Å². The number of hydrogen-bond acceptors (Lipinski definition) is 4. The fraction of sp³-hybridized carbons (Fsp3) is 0.667. The Kier molecular flexibility index (Phi) is 4.29. The van der Waals surface area contributed by atoms with E-state index in [0.717, 1.165) is 57.4 Å². The SMILES string of the molecule is CCC(c1ccc(F)cn1)N1CCN(C2CNC2)CC1. The molecule has 1 aromatic rings. The predicted molar refractivity (Wildman–Crippen MR) is 77.0 cm³/mol. The summed E-state index contributed by atoms with van der Waals surface area (Å²) in [5.74, 6) is -0.258. The molecule has 20 heavy (non-hydrogen) atoms. The van der Waals surface area contributed by atoms with Crippen LogP contribution in [0.4, 0.5) is 4.39 Å². The van der Waals surface area contributed by atoms with Crippen LogP contribution < -0.4 is 5.32 Å². The quantitative estimate of drug-likeness (QED) is 0.898. The van der Waals surface area contributed by atoms with Crippen molar-refractivity contribution >= 4 is 0 Å². The molecule has 110 valence electrons. The van der Waals surface area contributed by atoms with Crippen LogP contribution in [0.1, 0.15) is 25.1 Å². The molecule has 5 heteroatoms. The van der Waals surface area contributed by atoms with Crippen molar-refractivity contribution in [2.75, 3.05) is 39.3 Å². The Labute approximate surface area is 120 Å². The molecule has 0 aliphatic carbocycles. The summed E-state index contributed by atoms with van der Waals surface area (Å²) in [5.41, 5.74) is 0.993. The second-order valence-electron chi connectivity index (χ2n) is 5.71. The first-order valence-corrected chi connectivity index (χ1v) is 7.58. The minimum Gasteiger partial charge on any atom is -0.314 e. The van der Waals surface area contributed by atoms with Gasteiger partial charge in [-0.2, -0.15) is 0 Å². The van der Waals surface area contributed by atoms with E-state index in [-0.39, 0.29) is 5.82 Å². The molecule has 0 bridgehead atoms. The molecule has 2 aliphatic heterocycles. The van der Waals surface area contributed by atoms with E-state index < -0.39 is 0 Å². The molecule has 2 fully saturated rings. The van der Waals surface area contributed by atoms with Crippen LogP contribution >= 0.6 is 0 Å². The molecule has 0 aromatic carbocycles. The molecule has 1 aromatic heterocycles. The molecular formula is C15H23FN4. The van der Waals surface area contributed by atoms with Gasteiger partial charge in [0.15, 0.2) is 0 Å². The Hall–Kier alpha value is -1.04. The number of hydrogen-bond donors (Lipinski definition) is 1. The van der Waals surface area contributed by atoms with E-state index in [0.29, 0.717) is 6.04 Å². The first-order chi connectivity index (χ1) is 9.78. The second-order valence-corrected chi connectivity index (χ2v) is 5.71. The summed E-state index contributed by atoms with van der Waals surface area (Å²) in [4.78, 5) is 9.34. The maximum absolute atomic E-state index is 13.0. The lowest BCUT2D eigenvalue weighted by molar-refractivity contribution is 0.0492. The second kappa shape index (κ2) is 6.16. The van der Waals surface area contributed by atoms with Crippen LogP contribution in [0.5, 0.6) is 0 Å². The average molecular weight is 278 g/mol. The number of aromatic nitrogens is 1. The van der Waals surface area contributed by atoms with Crippen molar-refractivity contribution in [2.45, 2.75) is 25.4 Å². The summed E-state index contributed by atoms with van der Waals surface area (Å²) in [6.45, 7) is 8.86. The molecule has 3 heterocycles. The Morgan fingerprint density at radius 1 is 1.30 bits per heavy atom. The molecule has 0 saturated carbocycles. The number of rotatable bonds is 4. The fourth-order valence-corrected chi connectivity index (χ4v) is 3.18. The third-order valence-electron chi connectivity index (χ3n) is 4.54. The van der Waals surface area contributed by atoms with Crippen LogP contribution in [0.15, 0.2) is 18.3 Å². The molecule has 2 aliphatic rings. The minimum atomic E-state index is -0.258. The average Bonchev–Trinajstić information content (AvgIpc) is 2.42. The number of nitrogens with zero attached hydrogens (tertiary/aromatic N) is 3. The topological polar surface area (TPSA) is 31.4 Å². The largest absolute Gasteiger partial charge is 0.314 e. The third-order valence-corrected chi connectivity index (χ3v) is 4.54. The molecule has 3 rings (SSSR count). The lowest BCUT2D eigenvalue weighted by Gasteiger charge is -2.45. The van der Waals surface area contributed by atoms with E-state index in [1.807, 2.05) is 6.07 Å². The van der Waals surface area contributed by atoms with Gasteiger partial charge >= 0.3 is 0 Å². The standard InChI is InChI=1S/C15H23FN4/c1-2-15(14-4-3-12(16)9-18-14)20-7-5-19(6-8-20)13-10-17-11-13/h3-4,9,13,15,17H,2,5-8,10-11H2,1H3. The highest BCUT2D eigenvalue weighted by Gasteiger charge is 2.30. The summed E-state index contributed by atoms with van der Waals surface area (Å²) in [7, 11) is 0. The molecule has 1 N–H and O–H groups in total. The maximum atomic E-state index is 13.0. The number of pyridine rings is 1. The van der Waals surface area contributed by atoms with Gasteiger partial charge < -0.3 is 5.32 Å². The maximum Gasteiger partial charge on any atom is 0.141 e. The summed E-state index contributed by atoms with van der Waals surface area (Å²) < 4.78 is 13.0. The van der Waals surface area contributed by atoms with Crippen molar-refractivity contribution < 1.29 is 4.39 Å². The van der Waals surface area contributed by atoms with Gasteiger partial charge in [-0.05, 0) is 18.6 Å². The van der Waals surface area contributed by atoms with E-state index in [9.17, 15) is 4.39 Å². The zero-order valence-corrected chi connectivity index (χ0v) is 12.1. The minimum absolute atomic E-state index is 0.258. The van der Waals surface area contributed by atoms with Gasteiger partial charge in [-0.25, -0.2) is 4.39 Å². The van der Waals surface area contributed by atoms with Gasteiger partial charge in [0, 0.05) is 45.3 Å². The Morgan fingerprint density at radius 3 is 2.55 bits per heavy atom. The van der Waals surface area contributed by atoms with Gasteiger partial charge in [-0.3, -0.25) is 14.8 Å². The van der Waals surface area contributed by atoms with Crippen molar-refractivity contribution in [2.24, 2.45) is 0 Å². The lowest BCUT2D eigenvalue weighted by Crippen LogP contribution is -2.61. The van der Waals surface area contributed by atoms with Crippen LogP contribution in [0, 0.1) is 5.82 Å². The van der Waals surface area contributed by atoms with Crippen LogP contribution in [0.3, 0.4) is 0 Å². The molecule has 0 amide bonds. The smallest absolute Gasteiger partial charge is 0.141 e. The van der Waals surface area contributed by atoms with Gasteiger partial charge in [0.2, 0.25) is 0 Å². The van der Waals surface area contributed by atoms with E-state index >= 15 is 0 Å². The van der Waals surface area contributed by atoms with Gasteiger partial charge in [-0.1, -0.05) is 6.92 Å². The van der Waals surface area contributed by atoms with E-state index in [2.05, 4.69) is 27.0 Å². The summed E-state index contributed by atoms with van der Waals surface area (Å²) in [5, 5.41) is 3.33. The molecule has 0 spiro atoms. The molecule has 0 radical (unpaired) electrons. The van der Waals surface area contributed by atoms with E-state index in [1.165, 1.54) is 12.3 Å². The summed E-state index contributed by atoms with van der Waals surface area (Å²) in [6, 6.07) is 4.39. The van der Waals surface area contributed by atoms with Crippen molar-refractivity contribution in [3.63, 3.8) is 0 Å². The van der Waals surface area contributed by atoms with Crippen LogP contribution in [0.2, 0.25) is 0 Å². The highest BCUT2D eigenvalue weighted by molar-refractivity contribution is 5.10. The molecule has 4 nitrogen and oxygen atoms in total. The van der Waals surface area contributed by atoms with Crippen molar-refractivity contribution in [3.8, 4) is 0 Å². The van der Waals surface area contributed by atoms with Crippen LogP contribution in [-0.2, 0) is 0 Å². The van der Waals surface area contributed by atoms with Crippen molar-refractivity contribution in [3.05, 3.63) is 29.8 Å². The first-order valence-electron chi connectivity index (χ1n) is 7.58. The molecule has 1 atom stereocenters. The van der Waals surface area contributed by atoms with E-state index in [1.54, 1.807) is 0 Å². The zero-order valence-electron chi connectivity index (χ0n) is 12.1. The fourth-order valence-electron chi connectivity index (χ4n) is 3.18. The molecule has 1 unspecified atom stereocenters. The van der Waals surface area contributed by atoms with Gasteiger partial charge in [0.25, 0.3) is 0 Å². The first kappa shape index (κ1) is 13.9. The lowest BCUT2D eigenvalue weighted by atomic mass is 10.1. The zero-order chi connectivity index (χ0) is 13.9. The molecular weight excluding hydrogens is 255 g/mol.